The van der Waals surface area contributed by atoms with E-state index in [1.54, 1.807) is 7.05 Å². The molecule has 0 aromatic rings. The van der Waals surface area contributed by atoms with E-state index in [4.69, 9.17) is 4.74 Å². The van der Waals surface area contributed by atoms with Crippen molar-refractivity contribution in [3.05, 3.63) is 0 Å². The fraction of sp³-hybridized carbons (Fsp3) is 0.933. The van der Waals surface area contributed by atoms with Crippen LogP contribution in [-0.4, -0.2) is 60.9 Å². The topological polar surface area (TPSA) is 61.8 Å². The van der Waals surface area contributed by atoms with Crippen LogP contribution in [0.3, 0.4) is 0 Å². The number of carboxylic acid groups (broad SMARTS) is 1. The van der Waals surface area contributed by atoms with E-state index < -0.39 is 11.5 Å². The minimum absolute atomic E-state index is 0.240. The van der Waals surface area contributed by atoms with Crippen molar-refractivity contribution in [3.8, 4) is 0 Å². The minimum atomic E-state index is -0.700. The molecule has 5 nitrogen and oxygen atoms in total. The lowest BCUT2D eigenvalue weighted by Gasteiger charge is -2.32. The van der Waals surface area contributed by atoms with E-state index in [-0.39, 0.29) is 12.0 Å². The first kappa shape index (κ1) is 15.7. The van der Waals surface area contributed by atoms with Crippen LogP contribution < -0.4 is 5.32 Å². The third-order valence-electron chi connectivity index (χ3n) is 4.98. The van der Waals surface area contributed by atoms with E-state index >= 15 is 0 Å². The van der Waals surface area contributed by atoms with Crippen molar-refractivity contribution in [1.82, 2.24) is 10.2 Å². The Morgan fingerprint density at radius 3 is 3.00 bits per heavy atom. The standard InChI is InChI=1S/C15H28N2O3/c1-12-11-17(8-4-10-20-12)9-6-13-5-3-7-15(13,16-2)14(18)19/h12-13,16H,3-11H2,1-2H3,(H,18,19). The van der Waals surface area contributed by atoms with Gasteiger partial charge in [0, 0.05) is 19.7 Å². The second-order valence-electron chi connectivity index (χ2n) is 6.24. The monoisotopic (exact) mass is 284 g/mol. The second kappa shape index (κ2) is 6.87. The molecule has 3 atom stereocenters. The predicted octanol–water partition coefficient (Wildman–Crippen LogP) is 1.33. The Bertz CT molecular complexity index is 337. The summed E-state index contributed by atoms with van der Waals surface area (Å²) < 4.78 is 5.66. The maximum Gasteiger partial charge on any atom is 0.324 e. The number of rotatable bonds is 5. The van der Waals surface area contributed by atoms with Gasteiger partial charge in [0.05, 0.1) is 6.10 Å². The molecule has 0 bridgehead atoms. The normalized spacial score (nSPS) is 35.9. The van der Waals surface area contributed by atoms with Crippen LogP contribution in [0.1, 0.15) is 39.0 Å². The second-order valence-corrected chi connectivity index (χ2v) is 6.24. The molecule has 0 radical (unpaired) electrons. The lowest BCUT2D eigenvalue weighted by atomic mass is 9.84. The summed E-state index contributed by atoms with van der Waals surface area (Å²) in [6.45, 7) is 5.97. The van der Waals surface area contributed by atoms with Crippen molar-refractivity contribution in [3.63, 3.8) is 0 Å². The molecule has 20 heavy (non-hydrogen) atoms. The summed E-state index contributed by atoms with van der Waals surface area (Å²) in [5.74, 6) is -0.445. The Balaban J connectivity index is 1.90. The van der Waals surface area contributed by atoms with E-state index in [0.29, 0.717) is 0 Å². The molecule has 1 heterocycles. The number of nitrogens with zero attached hydrogens (tertiary/aromatic N) is 1. The van der Waals surface area contributed by atoms with Crippen molar-refractivity contribution in [2.45, 2.75) is 50.7 Å². The van der Waals surface area contributed by atoms with Gasteiger partial charge in [-0.3, -0.25) is 4.79 Å². The zero-order chi connectivity index (χ0) is 14.6. The Hall–Kier alpha value is -0.650. The van der Waals surface area contributed by atoms with Crippen molar-refractivity contribution in [1.29, 1.82) is 0 Å². The molecule has 1 aliphatic heterocycles. The zero-order valence-corrected chi connectivity index (χ0v) is 12.7. The number of likely N-dealkylation sites (N-methyl/N-ethyl adjacent to an activating group) is 1. The van der Waals surface area contributed by atoms with Crippen molar-refractivity contribution < 1.29 is 14.6 Å². The molecule has 0 aromatic heterocycles. The molecule has 2 fully saturated rings. The van der Waals surface area contributed by atoms with E-state index in [1.807, 2.05) is 0 Å². The Morgan fingerprint density at radius 1 is 1.50 bits per heavy atom. The van der Waals surface area contributed by atoms with Crippen molar-refractivity contribution >= 4 is 5.97 Å². The van der Waals surface area contributed by atoms with Crippen LogP contribution in [0.15, 0.2) is 0 Å². The van der Waals surface area contributed by atoms with E-state index in [9.17, 15) is 9.90 Å². The van der Waals surface area contributed by atoms with Gasteiger partial charge >= 0.3 is 5.97 Å². The number of nitrogens with one attached hydrogen (secondary N) is 1. The first-order valence-electron chi connectivity index (χ1n) is 7.85. The van der Waals surface area contributed by atoms with Gasteiger partial charge in [0.25, 0.3) is 0 Å². The van der Waals surface area contributed by atoms with Gasteiger partial charge in [-0.25, -0.2) is 0 Å². The molecule has 3 unspecified atom stereocenters. The number of carboxylic acids is 1. The van der Waals surface area contributed by atoms with Crippen molar-refractivity contribution in [2.75, 3.05) is 33.3 Å². The number of aliphatic carboxylic acids is 1. The van der Waals surface area contributed by atoms with Crippen LogP contribution in [0, 0.1) is 5.92 Å². The third-order valence-corrected chi connectivity index (χ3v) is 4.98. The molecule has 5 heteroatoms. The van der Waals surface area contributed by atoms with E-state index in [0.717, 1.165) is 58.3 Å². The van der Waals surface area contributed by atoms with Gasteiger partial charge in [-0.15, -0.1) is 0 Å². The van der Waals surface area contributed by atoms with Crippen LogP contribution in [0.25, 0.3) is 0 Å². The molecule has 116 valence electrons. The van der Waals surface area contributed by atoms with E-state index in [2.05, 4.69) is 17.1 Å². The summed E-state index contributed by atoms with van der Waals surface area (Å²) in [5, 5.41) is 12.7. The van der Waals surface area contributed by atoms with Crippen molar-refractivity contribution in [2.24, 2.45) is 5.92 Å². The molecule has 2 N–H and O–H groups in total. The molecule has 1 aliphatic carbocycles. The summed E-state index contributed by atoms with van der Waals surface area (Å²) in [4.78, 5) is 14.1. The van der Waals surface area contributed by atoms with Gasteiger partial charge in [-0.2, -0.15) is 0 Å². The largest absolute Gasteiger partial charge is 0.480 e. The van der Waals surface area contributed by atoms with Crippen LogP contribution in [0.4, 0.5) is 0 Å². The molecule has 1 saturated carbocycles. The summed E-state index contributed by atoms with van der Waals surface area (Å²) in [6.07, 6.45) is 5.10. The third kappa shape index (κ3) is 3.32. The maximum absolute atomic E-state index is 11.6. The Kier molecular flexibility index (Phi) is 5.41. The molecule has 2 rings (SSSR count). The minimum Gasteiger partial charge on any atom is -0.480 e. The molecule has 2 aliphatic rings. The highest BCUT2D eigenvalue weighted by Crippen LogP contribution is 2.38. The van der Waals surface area contributed by atoms with Gasteiger partial charge in [-0.05, 0) is 52.1 Å². The van der Waals surface area contributed by atoms with Crippen LogP contribution in [0.2, 0.25) is 0 Å². The molecule has 0 spiro atoms. The molecule has 1 saturated heterocycles. The number of hydrogen-bond donors (Lipinski definition) is 2. The lowest BCUT2D eigenvalue weighted by Crippen LogP contribution is -2.53. The fourth-order valence-electron chi connectivity index (χ4n) is 3.81. The smallest absolute Gasteiger partial charge is 0.324 e. The number of ether oxygens (including phenoxy) is 1. The van der Waals surface area contributed by atoms with Crippen LogP contribution in [-0.2, 0) is 9.53 Å². The average Bonchev–Trinajstić information content (AvgIpc) is 2.73. The zero-order valence-electron chi connectivity index (χ0n) is 12.7. The highest BCUT2D eigenvalue weighted by molar-refractivity contribution is 5.79. The molecule has 0 amide bonds. The SMILES string of the molecule is CNC1(C(=O)O)CCCC1CCN1CCCOC(C)C1. The average molecular weight is 284 g/mol. The first-order valence-corrected chi connectivity index (χ1v) is 7.85. The summed E-state index contributed by atoms with van der Waals surface area (Å²) in [7, 11) is 1.79. The van der Waals surface area contributed by atoms with Gasteiger partial charge in [0.2, 0.25) is 0 Å². The van der Waals surface area contributed by atoms with Gasteiger partial charge in [-0.1, -0.05) is 6.42 Å². The van der Waals surface area contributed by atoms with Gasteiger partial charge < -0.3 is 20.1 Å². The predicted molar refractivity (Wildman–Crippen MR) is 77.9 cm³/mol. The van der Waals surface area contributed by atoms with E-state index in [1.165, 1.54) is 0 Å². The van der Waals surface area contributed by atoms with Gasteiger partial charge in [0.15, 0.2) is 0 Å². The summed E-state index contributed by atoms with van der Waals surface area (Å²) in [5.41, 5.74) is -0.700. The van der Waals surface area contributed by atoms with Crippen LogP contribution in [0.5, 0.6) is 0 Å². The highest BCUT2D eigenvalue weighted by Gasteiger charge is 2.47. The summed E-state index contributed by atoms with van der Waals surface area (Å²) >= 11 is 0. The molecular weight excluding hydrogens is 256 g/mol. The lowest BCUT2D eigenvalue weighted by molar-refractivity contribution is -0.146. The Morgan fingerprint density at radius 2 is 2.30 bits per heavy atom. The fourth-order valence-corrected chi connectivity index (χ4v) is 3.81. The molecular formula is C15H28N2O3. The maximum atomic E-state index is 11.6. The first-order chi connectivity index (χ1) is 9.58. The Labute approximate surface area is 121 Å². The summed E-state index contributed by atoms with van der Waals surface area (Å²) in [6, 6.07) is 0. The van der Waals surface area contributed by atoms with Crippen LogP contribution >= 0.6 is 0 Å². The molecule has 0 aromatic carbocycles. The number of hydrogen-bond acceptors (Lipinski definition) is 4. The number of carbonyl (C=O) groups is 1. The highest BCUT2D eigenvalue weighted by atomic mass is 16.5. The quantitative estimate of drug-likeness (QED) is 0.797. The van der Waals surface area contributed by atoms with Gasteiger partial charge in [0.1, 0.15) is 5.54 Å².